The maximum absolute atomic E-state index is 14.0. The Hall–Kier alpha value is -3.65. The number of fused-ring (bicyclic) bond motifs is 1. The van der Waals surface area contributed by atoms with E-state index in [0.717, 1.165) is 5.56 Å². The molecule has 2 heterocycles. The van der Waals surface area contributed by atoms with Crippen molar-refractivity contribution in [1.29, 1.82) is 0 Å². The summed E-state index contributed by atoms with van der Waals surface area (Å²) in [6, 6.07) is 21.0. The molecule has 0 N–H and O–H groups in total. The summed E-state index contributed by atoms with van der Waals surface area (Å²) in [5.41, 5.74) is 2.56. The van der Waals surface area contributed by atoms with Gasteiger partial charge in [-0.2, -0.15) is 0 Å². The molecule has 1 atom stereocenters. The standard InChI is InChI=1S/C30H24Cl2N2O4S/c1-3-37-23-15-14-22(32)16-20(23)17-24-28(35)34-27(19-10-12-21(31)13-11-19)25(29(36)38-4-2)26(33-30(34)39-24)18-8-6-5-7-9-18/h5-17,27H,3-4H2,1-2H3/b24-17-/t27-/m1/s1. The highest BCUT2D eigenvalue weighted by molar-refractivity contribution is 7.07. The maximum Gasteiger partial charge on any atom is 0.338 e. The van der Waals surface area contributed by atoms with Gasteiger partial charge in [-0.25, -0.2) is 9.79 Å². The first-order valence-electron chi connectivity index (χ1n) is 12.4. The first-order chi connectivity index (χ1) is 18.9. The Morgan fingerprint density at radius 3 is 2.41 bits per heavy atom. The fourth-order valence-electron chi connectivity index (χ4n) is 4.46. The van der Waals surface area contributed by atoms with E-state index in [4.69, 9.17) is 37.7 Å². The van der Waals surface area contributed by atoms with E-state index in [1.165, 1.54) is 11.3 Å². The summed E-state index contributed by atoms with van der Waals surface area (Å²) in [7, 11) is 0. The Morgan fingerprint density at radius 1 is 1.00 bits per heavy atom. The number of halogens is 2. The molecule has 1 aromatic heterocycles. The predicted octanol–water partition coefficient (Wildman–Crippen LogP) is 5.64. The third-order valence-corrected chi connectivity index (χ3v) is 7.59. The van der Waals surface area contributed by atoms with Gasteiger partial charge in [0.1, 0.15) is 5.75 Å². The lowest BCUT2D eigenvalue weighted by Crippen LogP contribution is -2.40. The van der Waals surface area contributed by atoms with E-state index in [-0.39, 0.29) is 17.7 Å². The van der Waals surface area contributed by atoms with Gasteiger partial charge in [-0.1, -0.05) is 77.0 Å². The van der Waals surface area contributed by atoms with E-state index in [9.17, 15) is 9.59 Å². The summed E-state index contributed by atoms with van der Waals surface area (Å²) in [4.78, 5) is 32.8. The lowest BCUT2D eigenvalue weighted by Gasteiger charge is -2.25. The lowest BCUT2D eigenvalue weighted by atomic mass is 9.93. The molecule has 0 aliphatic carbocycles. The zero-order valence-corrected chi connectivity index (χ0v) is 23.5. The van der Waals surface area contributed by atoms with Crippen LogP contribution in [0, 0.1) is 0 Å². The van der Waals surface area contributed by atoms with Crippen LogP contribution in [-0.2, 0) is 9.53 Å². The maximum atomic E-state index is 14.0. The average Bonchev–Trinajstić information content (AvgIpc) is 3.25. The van der Waals surface area contributed by atoms with Crippen LogP contribution in [0.2, 0.25) is 10.0 Å². The van der Waals surface area contributed by atoms with E-state index in [1.807, 2.05) is 49.4 Å². The topological polar surface area (TPSA) is 69.9 Å². The summed E-state index contributed by atoms with van der Waals surface area (Å²) in [5.74, 6) is 0.0713. The number of esters is 1. The Morgan fingerprint density at radius 2 is 1.72 bits per heavy atom. The fourth-order valence-corrected chi connectivity index (χ4v) is 5.76. The average molecular weight is 580 g/mol. The summed E-state index contributed by atoms with van der Waals surface area (Å²) in [6.45, 7) is 4.27. The summed E-state index contributed by atoms with van der Waals surface area (Å²) < 4.78 is 13.2. The quantitative estimate of drug-likeness (QED) is 0.266. The van der Waals surface area contributed by atoms with Crippen LogP contribution < -0.4 is 19.6 Å². The van der Waals surface area contributed by atoms with Crippen LogP contribution in [0.25, 0.3) is 11.8 Å². The second-order valence-corrected chi connectivity index (χ2v) is 10.5. The molecule has 0 amide bonds. The van der Waals surface area contributed by atoms with Crippen molar-refractivity contribution in [2.75, 3.05) is 13.2 Å². The van der Waals surface area contributed by atoms with Crippen molar-refractivity contribution >= 4 is 52.3 Å². The number of rotatable bonds is 7. The van der Waals surface area contributed by atoms with Crippen LogP contribution in [0.4, 0.5) is 0 Å². The summed E-state index contributed by atoms with van der Waals surface area (Å²) in [5, 5.41) is 1.06. The third kappa shape index (κ3) is 5.43. The molecule has 0 saturated carbocycles. The number of hydrogen-bond acceptors (Lipinski definition) is 6. The number of carbonyl (C=O) groups excluding carboxylic acids is 1. The first-order valence-corrected chi connectivity index (χ1v) is 13.9. The second kappa shape index (κ2) is 11.6. The molecule has 5 rings (SSSR count). The number of thiazole rings is 1. The third-order valence-electron chi connectivity index (χ3n) is 6.12. The van der Waals surface area contributed by atoms with E-state index < -0.39 is 12.0 Å². The molecule has 0 spiro atoms. The Bertz CT molecular complexity index is 1740. The first kappa shape index (κ1) is 26.9. The monoisotopic (exact) mass is 578 g/mol. The van der Waals surface area contributed by atoms with Gasteiger partial charge in [0.2, 0.25) is 0 Å². The molecule has 0 saturated heterocycles. The molecule has 1 aliphatic heterocycles. The van der Waals surface area contributed by atoms with Crippen molar-refractivity contribution < 1.29 is 14.3 Å². The van der Waals surface area contributed by atoms with Gasteiger partial charge in [0.15, 0.2) is 4.80 Å². The molecule has 0 radical (unpaired) electrons. The highest BCUT2D eigenvalue weighted by Crippen LogP contribution is 2.35. The lowest BCUT2D eigenvalue weighted by molar-refractivity contribution is -0.138. The zero-order chi connectivity index (χ0) is 27.5. The predicted molar refractivity (Wildman–Crippen MR) is 155 cm³/mol. The van der Waals surface area contributed by atoms with Crippen molar-refractivity contribution in [1.82, 2.24) is 4.57 Å². The van der Waals surface area contributed by atoms with Crippen LogP contribution in [0.1, 0.15) is 36.6 Å². The van der Waals surface area contributed by atoms with Crippen molar-refractivity contribution in [3.63, 3.8) is 0 Å². The number of carbonyl (C=O) groups is 1. The SMILES string of the molecule is CCOC(=O)C1=C(c2ccccc2)N=c2s/c(=C\c3cc(Cl)ccc3OCC)c(=O)n2[C@@H]1c1ccc(Cl)cc1. The van der Waals surface area contributed by atoms with E-state index in [2.05, 4.69) is 0 Å². The molecule has 0 fully saturated rings. The zero-order valence-electron chi connectivity index (χ0n) is 21.2. The summed E-state index contributed by atoms with van der Waals surface area (Å²) in [6.07, 6.45) is 1.75. The van der Waals surface area contributed by atoms with Crippen molar-refractivity contribution in [3.8, 4) is 5.75 Å². The van der Waals surface area contributed by atoms with Crippen LogP contribution >= 0.6 is 34.5 Å². The number of benzene rings is 3. The molecule has 39 heavy (non-hydrogen) atoms. The number of nitrogens with zero attached hydrogens (tertiary/aromatic N) is 2. The molecule has 6 nitrogen and oxygen atoms in total. The van der Waals surface area contributed by atoms with Crippen LogP contribution in [0.3, 0.4) is 0 Å². The Labute approximate surface area is 239 Å². The van der Waals surface area contributed by atoms with Gasteiger partial charge < -0.3 is 9.47 Å². The van der Waals surface area contributed by atoms with E-state index in [1.54, 1.807) is 47.9 Å². The number of aromatic nitrogens is 1. The smallest absolute Gasteiger partial charge is 0.338 e. The van der Waals surface area contributed by atoms with E-state index >= 15 is 0 Å². The molecule has 3 aromatic carbocycles. The molecule has 198 valence electrons. The molecule has 0 bridgehead atoms. The van der Waals surface area contributed by atoms with E-state index in [0.29, 0.717) is 48.6 Å². The molecular formula is C30H24Cl2N2O4S. The second-order valence-electron chi connectivity index (χ2n) is 8.60. The van der Waals surface area contributed by atoms with Gasteiger partial charge in [-0.05, 0) is 55.8 Å². The molecule has 4 aromatic rings. The Kier molecular flexibility index (Phi) is 8.02. The minimum atomic E-state index is -0.777. The molecule has 9 heteroatoms. The van der Waals surface area contributed by atoms with Gasteiger partial charge in [-0.15, -0.1) is 0 Å². The normalized spacial score (nSPS) is 15.1. The van der Waals surface area contributed by atoms with Gasteiger partial charge in [-0.3, -0.25) is 9.36 Å². The molecule has 0 unspecified atom stereocenters. The number of hydrogen-bond donors (Lipinski definition) is 0. The Balaban J connectivity index is 1.82. The molecular weight excluding hydrogens is 555 g/mol. The van der Waals surface area contributed by atoms with Gasteiger partial charge in [0, 0.05) is 21.2 Å². The van der Waals surface area contributed by atoms with Crippen molar-refractivity contribution in [3.05, 3.63) is 125 Å². The van der Waals surface area contributed by atoms with Crippen LogP contribution in [-0.4, -0.2) is 23.8 Å². The fraction of sp³-hybridized carbons (Fsp3) is 0.167. The van der Waals surface area contributed by atoms with Gasteiger partial charge in [0.25, 0.3) is 5.56 Å². The minimum absolute atomic E-state index is 0.178. The highest BCUT2D eigenvalue weighted by Gasteiger charge is 2.35. The molecule has 1 aliphatic rings. The minimum Gasteiger partial charge on any atom is -0.493 e. The highest BCUT2D eigenvalue weighted by atomic mass is 35.5. The number of ether oxygens (including phenoxy) is 2. The van der Waals surface area contributed by atoms with Crippen LogP contribution in [0.5, 0.6) is 5.75 Å². The van der Waals surface area contributed by atoms with Crippen molar-refractivity contribution in [2.24, 2.45) is 4.99 Å². The largest absolute Gasteiger partial charge is 0.493 e. The van der Waals surface area contributed by atoms with Gasteiger partial charge in [0.05, 0.1) is 35.1 Å². The van der Waals surface area contributed by atoms with Crippen molar-refractivity contribution in [2.45, 2.75) is 19.9 Å². The summed E-state index contributed by atoms with van der Waals surface area (Å²) >= 11 is 13.7. The van der Waals surface area contributed by atoms with Gasteiger partial charge >= 0.3 is 5.97 Å². The van der Waals surface area contributed by atoms with Crippen LogP contribution in [0.15, 0.2) is 88.2 Å².